The quantitative estimate of drug-likeness (QED) is 0.139. The SMILES string of the molecule is Cn1nc(N)c2cccc(-c3ccc(C#CC4(O)CCOCC4)nc3[C@H](Cc3cc(F)cc(F)c3)NC(=O)Cn3nc(C(F)(F)F)c4c3C(F)(F)[C@@H]3C[C@H]43)c21. The number of aliphatic hydroxyl groups is 1. The van der Waals surface area contributed by atoms with Gasteiger partial charge in [-0.05, 0) is 60.6 Å². The van der Waals surface area contributed by atoms with Crippen LogP contribution in [-0.4, -0.2) is 54.4 Å². The lowest BCUT2D eigenvalue weighted by Gasteiger charge is -2.26. The molecule has 2 aliphatic carbocycles. The monoisotopic (exact) mass is 767 g/mol. The summed E-state index contributed by atoms with van der Waals surface area (Å²) in [5.74, 6) is -2.89. The van der Waals surface area contributed by atoms with Crippen LogP contribution in [0.2, 0.25) is 0 Å². The molecule has 0 spiro atoms. The molecule has 2 fully saturated rings. The van der Waals surface area contributed by atoms with Crippen LogP contribution in [0.4, 0.5) is 36.6 Å². The number of pyridine rings is 1. The van der Waals surface area contributed by atoms with Crippen molar-refractivity contribution in [1.82, 2.24) is 29.9 Å². The van der Waals surface area contributed by atoms with Crippen LogP contribution in [0.3, 0.4) is 0 Å². The number of aromatic nitrogens is 5. The van der Waals surface area contributed by atoms with Crippen molar-refractivity contribution in [3.63, 3.8) is 0 Å². The van der Waals surface area contributed by atoms with Crippen LogP contribution >= 0.6 is 0 Å². The molecular formula is C38H32F7N7O3. The highest BCUT2D eigenvalue weighted by Crippen LogP contribution is 2.68. The minimum atomic E-state index is -5.04. The van der Waals surface area contributed by atoms with E-state index in [0.717, 1.165) is 12.1 Å². The molecule has 17 heteroatoms. The Morgan fingerprint density at radius 1 is 1.09 bits per heavy atom. The number of ether oxygens (including phenoxy) is 1. The van der Waals surface area contributed by atoms with Gasteiger partial charge in [-0.15, -0.1) is 0 Å². The van der Waals surface area contributed by atoms with Crippen molar-refractivity contribution in [2.45, 2.75) is 61.9 Å². The summed E-state index contributed by atoms with van der Waals surface area (Å²) in [5, 5.41) is 22.1. The fourth-order valence-electron chi connectivity index (χ4n) is 7.78. The fraction of sp³-hybridized carbons (Fsp3) is 0.368. The van der Waals surface area contributed by atoms with Gasteiger partial charge in [0.25, 0.3) is 5.92 Å². The van der Waals surface area contributed by atoms with Gasteiger partial charge >= 0.3 is 6.18 Å². The third-order valence-corrected chi connectivity index (χ3v) is 10.4. The Morgan fingerprint density at radius 3 is 2.53 bits per heavy atom. The van der Waals surface area contributed by atoms with Gasteiger partial charge in [0.05, 0.1) is 30.5 Å². The van der Waals surface area contributed by atoms with Gasteiger partial charge in [-0.2, -0.15) is 32.1 Å². The third kappa shape index (κ3) is 6.67. The molecule has 3 aromatic heterocycles. The molecule has 1 aliphatic heterocycles. The number of halogens is 7. The number of carbonyl (C=O) groups excluding carboxylic acids is 1. The first-order chi connectivity index (χ1) is 26.0. The average Bonchev–Trinajstić information content (AvgIpc) is 3.67. The average molecular weight is 768 g/mol. The minimum Gasteiger partial charge on any atom is -0.382 e. The Hall–Kier alpha value is -5.47. The predicted octanol–water partition coefficient (Wildman–Crippen LogP) is 5.91. The zero-order valence-corrected chi connectivity index (χ0v) is 29.0. The summed E-state index contributed by atoms with van der Waals surface area (Å²) in [5.41, 5.74) is 3.57. The molecular weight excluding hydrogens is 735 g/mol. The number of para-hydroxylation sites is 1. The maximum Gasteiger partial charge on any atom is 0.435 e. The number of nitrogen functional groups attached to an aromatic ring is 1. The number of aryl methyl sites for hydroxylation is 1. The standard InChI is InChI=1S/C38H32F7N7O3/c1-51-32-24(3-2-4-25(32)35(46)50-51)23-6-5-22(7-8-36(54)9-11-55-12-10-36)47-31(23)28(15-19-13-20(39)16-21(40)14-19)48-29(53)18-52-34-30(33(49-52)38(43,44)45)26-17-27(26)37(34,41)42/h2-6,13-14,16,26-28,54H,9-12,15,17-18H2,1H3,(H2,46,50)(H,48,53)/t26-,27+,28-/m0/s1. The summed E-state index contributed by atoms with van der Waals surface area (Å²) in [6.07, 6.45) is -5.00. The Kier molecular flexibility index (Phi) is 8.69. The molecule has 3 aliphatic rings. The van der Waals surface area contributed by atoms with E-state index in [0.29, 0.717) is 32.8 Å². The number of hydrogen-bond donors (Lipinski definition) is 3. The lowest BCUT2D eigenvalue weighted by Crippen LogP contribution is -2.35. The number of carbonyl (C=O) groups is 1. The third-order valence-electron chi connectivity index (χ3n) is 10.4. The number of anilines is 1. The van der Waals surface area contributed by atoms with Gasteiger partial charge in [-0.1, -0.05) is 18.1 Å². The van der Waals surface area contributed by atoms with Crippen molar-refractivity contribution in [1.29, 1.82) is 0 Å². The van der Waals surface area contributed by atoms with Crippen molar-refractivity contribution >= 4 is 22.6 Å². The summed E-state index contributed by atoms with van der Waals surface area (Å²) in [6, 6.07) is 9.87. The number of amides is 1. The number of rotatable bonds is 7. The zero-order chi connectivity index (χ0) is 39.0. The van der Waals surface area contributed by atoms with E-state index in [2.05, 4.69) is 27.4 Å². The second kappa shape index (κ2) is 13.1. The number of benzene rings is 2. The molecule has 4 N–H and O–H groups in total. The summed E-state index contributed by atoms with van der Waals surface area (Å²) >= 11 is 0. The summed E-state index contributed by atoms with van der Waals surface area (Å²) in [7, 11) is 1.66. The van der Waals surface area contributed by atoms with Gasteiger partial charge < -0.3 is 20.9 Å². The Balaban J connectivity index is 1.25. The predicted molar refractivity (Wildman–Crippen MR) is 183 cm³/mol. The minimum absolute atomic E-state index is 0.0671. The number of fused-ring (bicyclic) bond motifs is 4. The molecule has 1 amide bonds. The first-order valence-corrected chi connectivity index (χ1v) is 17.4. The van der Waals surface area contributed by atoms with Crippen molar-refractivity contribution < 1.29 is 45.4 Å². The molecule has 1 saturated heterocycles. The van der Waals surface area contributed by atoms with Gasteiger partial charge in [-0.3, -0.25) is 14.2 Å². The van der Waals surface area contributed by atoms with E-state index in [1.807, 2.05) is 0 Å². The summed E-state index contributed by atoms with van der Waals surface area (Å²) in [6.45, 7) is -0.453. The van der Waals surface area contributed by atoms with E-state index in [9.17, 15) is 31.9 Å². The van der Waals surface area contributed by atoms with E-state index >= 15 is 8.78 Å². The van der Waals surface area contributed by atoms with E-state index in [1.54, 1.807) is 37.4 Å². The summed E-state index contributed by atoms with van der Waals surface area (Å²) < 4.78 is 109. The normalized spacial score (nSPS) is 20.0. The lowest BCUT2D eigenvalue weighted by molar-refractivity contribution is -0.142. The van der Waals surface area contributed by atoms with Gasteiger partial charge in [0.1, 0.15) is 35.2 Å². The van der Waals surface area contributed by atoms with Crippen LogP contribution in [0, 0.1) is 29.4 Å². The maximum atomic E-state index is 15.4. The molecule has 286 valence electrons. The van der Waals surface area contributed by atoms with Gasteiger partial charge in [0.15, 0.2) is 11.5 Å². The molecule has 10 nitrogen and oxygen atoms in total. The van der Waals surface area contributed by atoms with Crippen molar-refractivity contribution in [2.75, 3.05) is 18.9 Å². The molecule has 0 unspecified atom stereocenters. The zero-order valence-electron chi connectivity index (χ0n) is 29.0. The molecule has 0 bridgehead atoms. The first kappa shape index (κ1) is 36.5. The van der Waals surface area contributed by atoms with Crippen LogP contribution in [0.15, 0.2) is 48.5 Å². The number of hydrogen-bond acceptors (Lipinski definition) is 7. The Morgan fingerprint density at radius 2 is 1.82 bits per heavy atom. The van der Waals surface area contributed by atoms with Crippen molar-refractivity contribution in [2.24, 2.45) is 13.0 Å². The second-order valence-electron chi connectivity index (χ2n) is 14.2. The first-order valence-electron chi connectivity index (χ1n) is 17.4. The van der Waals surface area contributed by atoms with E-state index in [4.69, 9.17) is 15.5 Å². The van der Waals surface area contributed by atoms with E-state index < -0.39 is 76.6 Å². The van der Waals surface area contributed by atoms with Crippen molar-refractivity contribution in [3.05, 3.63) is 94.1 Å². The number of alkyl halides is 5. The van der Waals surface area contributed by atoms with E-state index in [1.165, 1.54) is 4.68 Å². The molecule has 3 atom stereocenters. The fourth-order valence-corrected chi connectivity index (χ4v) is 7.78. The molecule has 2 aromatic carbocycles. The number of nitrogens with one attached hydrogen (secondary N) is 1. The van der Waals surface area contributed by atoms with Gasteiger partial charge in [0.2, 0.25) is 5.91 Å². The number of nitrogens with two attached hydrogens (primary N) is 1. The molecule has 4 heterocycles. The van der Waals surface area contributed by atoms with Crippen LogP contribution in [0.1, 0.15) is 65.1 Å². The Bertz CT molecular complexity index is 2400. The highest BCUT2D eigenvalue weighted by atomic mass is 19.4. The largest absolute Gasteiger partial charge is 0.435 e. The molecule has 0 radical (unpaired) electrons. The maximum absolute atomic E-state index is 15.4. The summed E-state index contributed by atoms with van der Waals surface area (Å²) in [4.78, 5) is 18.7. The van der Waals surface area contributed by atoms with Crippen LogP contribution in [0.5, 0.6) is 0 Å². The van der Waals surface area contributed by atoms with Crippen molar-refractivity contribution in [3.8, 4) is 23.0 Å². The highest BCUT2D eigenvalue weighted by molar-refractivity contribution is 6.00. The Labute approximate surface area is 308 Å². The lowest BCUT2D eigenvalue weighted by atomic mass is 9.93. The molecule has 5 aromatic rings. The van der Waals surface area contributed by atoms with Crippen LogP contribution in [0.25, 0.3) is 22.0 Å². The topological polar surface area (TPSA) is 133 Å². The van der Waals surface area contributed by atoms with Gasteiger partial charge in [-0.25, -0.2) is 13.8 Å². The van der Waals surface area contributed by atoms with E-state index in [-0.39, 0.29) is 61.7 Å². The van der Waals surface area contributed by atoms with Crippen LogP contribution in [-0.2, 0) is 41.6 Å². The van der Waals surface area contributed by atoms with Gasteiger partial charge in [0, 0.05) is 54.0 Å². The smallest absolute Gasteiger partial charge is 0.382 e. The highest BCUT2D eigenvalue weighted by Gasteiger charge is 2.68. The molecule has 8 rings (SSSR count). The second-order valence-corrected chi connectivity index (χ2v) is 14.2. The number of nitrogens with zero attached hydrogens (tertiary/aromatic N) is 5. The molecule has 1 saturated carbocycles. The molecule has 55 heavy (non-hydrogen) atoms. The van der Waals surface area contributed by atoms with Crippen LogP contribution < -0.4 is 11.1 Å².